The van der Waals surface area contributed by atoms with Gasteiger partial charge in [0.25, 0.3) is 5.78 Å². The van der Waals surface area contributed by atoms with Crippen molar-refractivity contribution in [1.29, 1.82) is 0 Å². The molecule has 1 saturated heterocycles. The highest BCUT2D eigenvalue weighted by Gasteiger charge is 2.23. The normalized spacial score (nSPS) is 16.9. The van der Waals surface area contributed by atoms with E-state index in [4.69, 9.17) is 0 Å². The van der Waals surface area contributed by atoms with E-state index in [1.807, 2.05) is 4.52 Å². The van der Waals surface area contributed by atoms with E-state index in [1.165, 1.54) is 37.1 Å². The van der Waals surface area contributed by atoms with Crippen LogP contribution < -0.4 is 4.90 Å². The van der Waals surface area contributed by atoms with Gasteiger partial charge in [-0.3, -0.25) is 0 Å². The lowest BCUT2D eigenvalue weighted by molar-refractivity contribution is 0.350. The summed E-state index contributed by atoms with van der Waals surface area (Å²) < 4.78 is 1.90. The highest BCUT2D eigenvalue weighted by molar-refractivity contribution is 5.54. The van der Waals surface area contributed by atoms with E-state index in [1.54, 1.807) is 6.33 Å². The van der Waals surface area contributed by atoms with Crippen molar-refractivity contribution in [2.75, 3.05) is 18.0 Å². The third-order valence-corrected chi connectivity index (χ3v) is 4.94. The van der Waals surface area contributed by atoms with E-state index >= 15 is 0 Å². The Morgan fingerprint density at radius 1 is 1.23 bits per heavy atom. The lowest BCUT2D eigenvalue weighted by Gasteiger charge is -2.34. The molecule has 3 heterocycles. The molecule has 0 saturated carbocycles. The van der Waals surface area contributed by atoms with Gasteiger partial charge in [0.05, 0.1) is 0 Å². The molecule has 2 aromatic rings. The van der Waals surface area contributed by atoms with Gasteiger partial charge in [0.2, 0.25) is 0 Å². The fraction of sp³-hybridized carbons (Fsp3) is 0.706. The van der Waals surface area contributed by atoms with Gasteiger partial charge in [0.15, 0.2) is 0 Å². The molecule has 0 unspecified atom stereocenters. The van der Waals surface area contributed by atoms with Gasteiger partial charge in [-0.15, -0.1) is 0 Å². The Hall–Kier alpha value is -1.65. The van der Waals surface area contributed by atoms with Crippen LogP contribution in [0.25, 0.3) is 5.78 Å². The predicted octanol–water partition coefficient (Wildman–Crippen LogP) is 3.39. The van der Waals surface area contributed by atoms with E-state index in [0.29, 0.717) is 5.78 Å². The molecule has 5 nitrogen and oxygen atoms in total. The summed E-state index contributed by atoms with van der Waals surface area (Å²) in [4.78, 5) is 11.2. The zero-order valence-electron chi connectivity index (χ0n) is 14.2. The summed E-state index contributed by atoms with van der Waals surface area (Å²) in [6.07, 6.45) is 6.89. The molecule has 0 spiro atoms. The molecule has 0 bridgehead atoms. The number of anilines is 1. The molecule has 5 heteroatoms. The SMILES string of the molecule is Cc1nc2ncnn2c(N2CCC(CCC(C)C)CC2)c1C. The molecule has 0 aliphatic carbocycles. The average molecular weight is 301 g/mol. The first-order chi connectivity index (χ1) is 10.6. The average Bonchev–Trinajstić information content (AvgIpc) is 2.94. The number of hydrogen-bond acceptors (Lipinski definition) is 4. The topological polar surface area (TPSA) is 46.3 Å². The van der Waals surface area contributed by atoms with Crippen LogP contribution in [-0.4, -0.2) is 32.7 Å². The molecule has 1 aliphatic heterocycles. The summed E-state index contributed by atoms with van der Waals surface area (Å²) in [5.41, 5.74) is 2.27. The molecule has 0 atom stereocenters. The second kappa shape index (κ2) is 6.23. The molecular formula is C17H27N5. The fourth-order valence-corrected chi connectivity index (χ4v) is 3.39. The first-order valence-corrected chi connectivity index (χ1v) is 8.48. The van der Waals surface area contributed by atoms with Gasteiger partial charge in [-0.05, 0) is 38.5 Å². The standard InChI is InChI=1S/C17H27N5/c1-12(2)5-6-15-7-9-21(10-8-15)16-13(3)14(4)20-17-18-11-19-22(16)17/h11-12,15H,5-10H2,1-4H3. The maximum atomic E-state index is 4.52. The Bertz CT molecular complexity index is 638. The number of rotatable bonds is 4. The van der Waals surface area contributed by atoms with Crippen LogP contribution in [0.3, 0.4) is 0 Å². The van der Waals surface area contributed by atoms with Crippen molar-refractivity contribution in [3.8, 4) is 0 Å². The molecule has 0 radical (unpaired) electrons. The van der Waals surface area contributed by atoms with Crippen LogP contribution in [0.5, 0.6) is 0 Å². The highest BCUT2D eigenvalue weighted by Crippen LogP contribution is 2.29. The summed E-state index contributed by atoms with van der Waals surface area (Å²) in [5, 5.41) is 4.38. The van der Waals surface area contributed by atoms with Crippen molar-refractivity contribution in [1.82, 2.24) is 19.6 Å². The van der Waals surface area contributed by atoms with E-state index in [0.717, 1.165) is 30.6 Å². The summed E-state index contributed by atoms with van der Waals surface area (Å²) in [6, 6.07) is 0. The summed E-state index contributed by atoms with van der Waals surface area (Å²) >= 11 is 0. The molecule has 1 fully saturated rings. The summed E-state index contributed by atoms with van der Waals surface area (Å²) in [5.74, 6) is 3.59. The third kappa shape index (κ3) is 2.94. The van der Waals surface area contributed by atoms with Crippen LogP contribution in [0, 0.1) is 25.7 Å². The molecule has 3 rings (SSSR count). The minimum atomic E-state index is 0.708. The van der Waals surface area contributed by atoms with E-state index < -0.39 is 0 Å². The van der Waals surface area contributed by atoms with Crippen LogP contribution in [-0.2, 0) is 0 Å². The van der Waals surface area contributed by atoms with Gasteiger partial charge in [0.1, 0.15) is 12.1 Å². The van der Waals surface area contributed by atoms with Crippen molar-refractivity contribution >= 4 is 11.6 Å². The van der Waals surface area contributed by atoms with Crippen molar-refractivity contribution in [2.24, 2.45) is 11.8 Å². The molecule has 0 N–H and O–H groups in total. The molecule has 0 aromatic carbocycles. The zero-order chi connectivity index (χ0) is 15.7. The number of aryl methyl sites for hydroxylation is 1. The van der Waals surface area contributed by atoms with Crippen molar-refractivity contribution in [3.63, 3.8) is 0 Å². The molecule has 1 aliphatic rings. The van der Waals surface area contributed by atoms with Crippen LogP contribution >= 0.6 is 0 Å². The molecule has 22 heavy (non-hydrogen) atoms. The van der Waals surface area contributed by atoms with Crippen LogP contribution in [0.1, 0.15) is 50.8 Å². The van der Waals surface area contributed by atoms with Crippen LogP contribution in [0.2, 0.25) is 0 Å². The quantitative estimate of drug-likeness (QED) is 0.868. The number of fused-ring (bicyclic) bond motifs is 1. The number of nitrogens with zero attached hydrogens (tertiary/aromatic N) is 5. The predicted molar refractivity (Wildman–Crippen MR) is 89.3 cm³/mol. The highest BCUT2D eigenvalue weighted by atomic mass is 15.4. The lowest BCUT2D eigenvalue weighted by Crippen LogP contribution is -2.36. The molecule has 120 valence electrons. The fourth-order valence-electron chi connectivity index (χ4n) is 3.39. The Kier molecular flexibility index (Phi) is 4.32. The monoisotopic (exact) mass is 301 g/mol. The van der Waals surface area contributed by atoms with Crippen LogP contribution in [0.4, 0.5) is 5.82 Å². The van der Waals surface area contributed by atoms with E-state index in [-0.39, 0.29) is 0 Å². The largest absolute Gasteiger partial charge is 0.356 e. The zero-order valence-corrected chi connectivity index (χ0v) is 14.2. The third-order valence-electron chi connectivity index (χ3n) is 4.94. The number of piperidine rings is 1. The van der Waals surface area contributed by atoms with Crippen molar-refractivity contribution < 1.29 is 0 Å². The molecule has 2 aromatic heterocycles. The first kappa shape index (κ1) is 15.3. The number of hydrogen-bond donors (Lipinski definition) is 0. The summed E-state index contributed by atoms with van der Waals surface area (Å²) in [7, 11) is 0. The smallest absolute Gasteiger partial charge is 0.254 e. The van der Waals surface area contributed by atoms with Gasteiger partial charge in [-0.25, -0.2) is 4.98 Å². The first-order valence-electron chi connectivity index (χ1n) is 8.48. The Morgan fingerprint density at radius 3 is 2.64 bits per heavy atom. The Labute approximate surface area is 132 Å². The van der Waals surface area contributed by atoms with Gasteiger partial charge >= 0.3 is 0 Å². The Morgan fingerprint density at radius 2 is 1.95 bits per heavy atom. The van der Waals surface area contributed by atoms with Gasteiger partial charge in [0, 0.05) is 24.3 Å². The number of aromatic nitrogens is 4. The minimum Gasteiger partial charge on any atom is -0.356 e. The van der Waals surface area contributed by atoms with E-state index in [2.05, 4.69) is 47.7 Å². The molecular weight excluding hydrogens is 274 g/mol. The second-order valence-electron chi connectivity index (χ2n) is 7.02. The van der Waals surface area contributed by atoms with Crippen LogP contribution in [0.15, 0.2) is 6.33 Å². The Balaban J connectivity index is 1.76. The maximum absolute atomic E-state index is 4.52. The van der Waals surface area contributed by atoms with Gasteiger partial charge in [-0.1, -0.05) is 26.7 Å². The molecule has 0 amide bonds. The maximum Gasteiger partial charge on any atom is 0.254 e. The van der Waals surface area contributed by atoms with Crippen molar-refractivity contribution in [3.05, 3.63) is 17.6 Å². The summed E-state index contributed by atoms with van der Waals surface area (Å²) in [6.45, 7) is 11.1. The van der Waals surface area contributed by atoms with Gasteiger partial charge in [-0.2, -0.15) is 14.6 Å². The van der Waals surface area contributed by atoms with Gasteiger partial charge < -0.3 is 4.90 Å². The minimum absolute atomic E-state index is 0.708. The van der Waals surface area contributed by atoms with E-state index in [9.17, 15) is 0 Å². The lowest BCUT2D eigenvalue weighted by atomic mass is 9.89. The second-order valence-corrected chi connectivity index (χ2v) is 7.02. The van der Waals surface area contributed by atoms with Crippen molar-refractivity contribution in [2.45, 2.75) is 53.4 Å².